The summed E-state index contributed by atoms with van der Waals surface area (Å²) >= 11 is 0. The number of methoxy groups -OCH3 is 2. The number of hydrazone groups is 1. The lowest BCUT2D eigenvalue weighted by Gasteiger charge is -2.34. The number of ether oxygens (including phenoxy) is 3. The van der Waals surface area contributed by atoms with Crippen LogP contribution in [0.25, 0.3) is 0 Å². The Morgan fingerprint density at radius 3 is 2.58 bits per heavy atom. The molecule has 12 heteroatoms. The van der Waals surface area contributed by atoms with Crippen LogP contribution in [0.1, 0.15) is 92.4 Å². The van der Waals surface area contributed by atoms with Crippen LogP contribution in [0.15, 0.2) is 23.3 Å². The third kappa shape index (κ3) is 6.50. The van der Waals surface area contributed by atoms with Crippen molar-refractivity contribution in [1.82, 2.24) is 20.2 Å². The second-order valence-corrected chi connectivity index (χ2v) is 12.5. The van der Waals surface area contributed by atoms with Crippen molar-refractivity contribution >= 4 is 24.0 Å². The quantitative estimate of drug-likeness (QED) is 0.320. The van der Waals surface area contributed by atoms with Crippen molar-refractivity contribution in [3.05, 3.63) is 46.4 Å². The standard InChI is InChI=1S/C33H45FN6O5/c1-7-8-15-45-32(42)37-24-12-10-9-11-23(24)36-30-28(34)27-26(29(38-30)21-17-35-39(4)18-21)31(41)40(33(27,2)3)19-20-13-14-22(43-5)16-25(20)44-6/h13-14,16-17,21,23-24H,7-12,15,18-19H2,1-6H3,(H,36,38)(H,37,42)/t21?,23-,24+/m1/s1. The van der Waals surface area contributed by atoms with Gasteiger partial charge in [-0.15, -0.1) is 0 Å². The average molecular weight is 625 g/mol. The number of hydrogen-bond donors (Lipinski definition) is 2. The highest BCUT2D eigenvalue weighted by molar-refractivity contribution is 6.02. The zero-order chi connectivity index (χ0) is 32.3. The number of alkyl carbamates (subject to hydrolysis) is 1. The van der Waals surface area contributed by atoms with Gasteiger partial charge in [0.2, 0.25) is 0 Å². The molecule has 3 aliphatic rings. The fourth-order valence-corrected chi connectivity index (χ4v) is 6.57. The van der Waals surface area contributed by atoms with E-state index in [4.69, 9.17) is 19.2 Å². The van der Waals surface area contributed by atoms with Crippen LogP contribution in [-0.2, 0) is 16.8 Å². The highest BCUT2D eigenvalue weighted by Crippen LogP contribution is 2.46. The number of unbranched alkanes of at least 4 members (excludes halogenated alkanes) is 1. The molecule has 2 aromatic rings. The largest absolute Gasteiger partial charge is 0.497 e. The molecule has 1 aromatic heterocycles. The van der Waals surface area contributed by atoms with Gasteiger partial charge in [0.05, 0.1) is 56.1 Å². The first-order valence-corrected chi connectivity index (χ1v) is 15.8. The highest BCUT2D eigenvalue weighted by atomic mass is 19.1. The predicted octanol–water partition coefficient (Wildman–Crippen LogP) is 5.39. The van der Waals surface area contributed by atoms with Crippen LogP contribution in [0.2, 0.25) is 0 Å². The van der Waals surface area contributed by atoms with Crippen LogP contribution in [0, 0.1) is 5.82 Å². The molecule has 1 aliphatic carbocycles. The third-order valence-electron chi connectivity index (χ3n) is 9.11. The lowest BCUT2D eigenvalue weighted by molar-refractivity contribution is 0.0589. The summed E-state index contributed by atoms with van der Waals surface area (Å²) in [5.41, 5.74) is 0.827. The first-order valence-electron chi connectivity index (χ1n) is 15.8. The lowest BCUT2D eigenvalue weighted by Crippen LogP contribution is -2.49. The SMILES string of the molecule is CCCCOC(=O)N[C@H]1CCCC[C@H]1Nc1nc(C2C=NN(C)C2)c2c(c1F)C(C)(C)N(Cc1ccc(OC)cc1OC)C2=O. The summed E-state index contributed by atoms with van der Waals surface area (Å²) < 4.78 is 33.1. The number of amides is 2. The summed E-state index contributed by atoms with van der Waals surface area (Å²) in [5.74, 6) is 0.130. The second kappa shape index (κ2) is 13.5. The summed E-state index contributed by atoms with van der Waals surface area (Å²) in [6.45, 7) is 6.82. The Kier molecular flexibility index (Phi) is 9.69. The molecule has 2 amide bonds. The van der Waals surface area contributed by atoms with E-state index in [1.165, 1.54) is 0 Å². The first kappa shape index (κ1) is 32.3. The van der Waals surface area contributed by atoms with Crippen LogP contribution in [0.5, 0.6) is 11.5 Å². The molecular formula is C33H45FN6O5. The number of halogens is 1. The minimum atomic E-state index is -1.01. The highest BCUT2D eigenvalue weighted by Gasteiger charge is 2.49. The van der Waals surface area contributed by atoms with Crippen LogP contribution >= 0.6 is 0 Å². The molecule has 1 aromatic carbocycles. The smallest absolute Gasteiger partial charge is 0.407 e. The monoisotopic (exact) mass is 624 g/mol. The van der Waals surface area contributed by atoms with Gasteiger partial charge in [0, 0.05) is 43.0 Å². The second-order valence-electron chi connectivity index (χ2n) is 12.5. The molecule has 11 nitrogen and oxygen atoms in total. The van der Waals surface area contributed by atoms with Gasteiger partial charge in [-0.1, -0.05) is 26.2 Å². The van der Waals surface area contributed by atoms with Gasteiger partial charge in [-0.05, 0) is 45.2 Å². The van der Waals surface area contributed by atoms with E-state index in [1.807, 2.05) is 40.0 Å². The van der Waals surface area contributed by atoms with Crippen molar-refractivity contribution < 1.29 is 28.2 Å². The Morgan fingerprint density at radius 2 is 1.91 bits per heavy atom. The summed E-state index contributed by atoms with van der Waals surface area (Å²) in [6.07, 6.45) is 6.36. The summed E-state index contributed by atoms with van der Waals surface area (Å²) in [6, 6.07) is 4.93. The summed E-state index contributed by atoms with van der Waals surface area (Å²) in [5, 5.41) is 12.5. The van der Waals surface area contributed by atoms with Crippen molar-refractivity contribution in [1.29, 1.82) is 0 Å². The van der Waals surface area contributed by atoms with Gasteiger partial charge < -0.3 is 29.7 Å². The Balaban J connectivity index is 1.50. The number of likely N-dealkylation sites (N-methyl/N-ethyl adjacent to an activating group) is 1. The van der Waals surface area contributed by atoms with Gasteiger partial charge in [0.25, 0.3) is 5.91 Å². The number of aromatic nitrogens is 1. The number of fused-ring (bicyclic) bond motifs is 1. The molecule has 0 spiro atoms. The number of benzene rings is 1. The van der Waals surface area contributed by atoms with E-state index in [0.717, 1.165) is 44.1 Å². The molecule has 0 saturated heterocycles. The van der Waals surface area contributed by atoms with E-state index >= 15 is 4.39 Å². The molecule has 5 rings (SSSR count). The maximum atomic E-state index is 16.8. The molecule has 2 N–H and O–H groups in total. The van der Waals surface area contributed by atoms with Gasteiger partial charge in [-0.2, -0.15) is 5.10 Å². The number of nitrogens with zero attached hydrogens (tertiary/aromatic N) is 4. The molecule has 45 heavy (non-hydrogen) atoms. The number of rotatable bonds is 11. The molecule has 3 atom stereocenters. The molecule has 1 saturated carbocycles. The lowest BCUT2D eigenvalue weighted by atomic mass is 9.88. The molecule has 0 radical (unpaired) electrons. The Bertz CT molecular complexity index is 1450. The molecule has 1 unspecified atom stereocenters. The third-order valence-corrected chi connectivity index (χ3v) is 9.11. The Labute approximate surface area is 264 Å². The predicted molar refractivity (Wildman–Crippen MR) is 170 cm³/mol. The van der Waals surface area contributed by atoms with Gasteiger partial charge in [0.1, 0.15) is 11.5 Å². The Morgan fingerprint density at radius 1 is 1.16 bits per heavy atom. The van der Waals surface area contributed by atoms with E-state index in [1.54, 1.807) is 36.4 Å². The van der Waals surface area contributed by atoms with Gasteiger partial charge in [-0.3, -0.25) is 9.80 Å². The maximum absolute atomic E-state index is 16.8. The van der Waals surface area contributed by atoms with Gasteiger partial charge >= 0.3 is 6.09 Å². The van der Waals surface area contributed by atoms with Crippen molar-refractivity contribution in [3.8, 4) is 11.5 Å². The van der Waals surface area contributed by atoms with Crippen LogP contribution in [-0.4, -0.2) is 79.6 Å². The summed E-state index contributed by atoms with van der Waals surface area (Å²) in [7, 11) is 5.00. The normalized spacial score (nSPS) is 21.9. The Hall–Kier alpha value is -4.09. The molecule has 1 fully saturated rings. The number of anilines is 1. The van der Waals surface area contributed by atoms with Crippen molar-refractivity contribution in [2.24, 2.45) is 5.10 Å². The average Bonchev–Trinajstić information content (AvgIpc) is 3.54. The van der Waals surface area contributed by atoms with Crippen LogP contribution in [0.4, 0.5) is 15.0 Å². The van der Waals surface area contributed by atoms with E-state index in [9.17, 15) is 9.59 Å². The molecule has 2 aliphatic heterocycles. The van der Waals surface area contributed by atoms with E-state index in [2.05, 4.69) is 15.7 Å². The minimum absolute atomic E-state index is 0.0782. The molecule has 3 heterocycles. The van der Waals surface area contributed by atoms with E-state index in [-0.39, 0.29) is 41.8 Å². The zero-order valence-electron chi connectivity index (χ0n) is 27.1. The van der Waals surface area contributed by atoms with Gasteiger partial charge in [0.15, 0.2) is 11.6 Å². The maximum Gasteiger partial charge on any atom is 0.407 e. The van der Waals surface area contributed by atoms with E-state index in [0.29, 0.717) is 35.9 Å². The first-order chi connectivity index (χ1) is 21.6. The fraction of sp³-hybridized carbons (Fsp3) is 0.576. The van der Waals surface area contributed by atoms with Gasteiger partial charge in [-0.25, -0.2) is 14.2 Å². The fourth-order valence-electron chi connectivity index (χ4n) is 6.57. The molecular weight excluding hydrogens is 579 g/mol. The number of hydrogen-bond acceptors (Lipinski definition) is 9. The van der Waals surface area contributed by atoms with Crippen LogP contribution in [0.3, 0.4) is 0 Å². The van der Waals surface area contributed by atoms with E-state index < -0.39 is 17.4 Å². The number of pyridine rings is 1. The number of carbonyl (C=O) groups is 2. The van der Waals surface area contributed by atoms with Crippen LogP contribution < -0.4 is 20.1 Å². The van der Waals surface area contributed by atoms with Crippen molar-refractivity contribution in [2.75, 3.05) is 39.7 Å². The number of nitrogens with one attached hydrogen (secondary N) is 2. The zero-order valence-corrected chi connectivity index (χ0v) is 27.1. The minimum Gasteiger partial charge on any atom is -0.497 e. The van der Waals surface area contributed by atoms with Crippen molar-refractivity contribution in [2.45, 2.75) is 89.4 Å². The summed E-state index contributed by atoms with van der Waals surface area (Å²) in [4.78, 5) is 33.3. The molecule has 244 valence electrons. The number of carbonyl (C=O) groups excluding carboxylic acids is 2. The molecule has 0 bridgehead atoms. The van der Waals surface area contributed by atoms with Crippen molar-refractivity contribution in [3.63, 3.8) is 0 Å². The topological polar surface area (TPSA) is 118 Å².